The zero-order chi connectivity index (χ0) is 18.1. The van der Waals surface area contributed by atoms with E-state index in [0.717, 1.165) is 36.7 Å². The Bertz CT molecular complexity index is 780. The molecule has 0 saturated carbocycles. The molecule has 26 heavy (non-hydrogen) atoms. The number of benzene rings is 1. The molecule has 2 aliphatic heterocycles. The van der Waals surface area contributed by atoms with Crippen molar-refractivity contribution in [3.8, 4) is 0 Å². The van der Waals surface area contributed by atoms with Gasteiger partial charge in [-0.3, -0.25) is 9.59 Å². The molecule has 0 spiro atoms. The molecule has 2 amide bonds. The number of nitrogens with zero attached hydrogens (tertiary/aromatic N) is 4. The Kier molecular flexibility index (Phi) is 4.80. The van der Waals surface area contributed by atoms with E-state index in [1.54, 1.807) is 16.2 Å². The summed E-state index contributed by atoms with van der Waals surface area (Å²) in [7, 11) is 0. The van der Waals surface area contributed by atoms with Crippen molar-refractivity contribution in [2.24, 2.45) is 0 Å². The van der Waals surface area contributed by atoms with E-state index >= 15 is 0 Å². The molecule has 2 aliphatic rings. The standard InChI is InChI=1S/C19H24N4O2S/c1-2-15(23-9-5-8-17(23)24)18(25)21-10-12-22(13-11-21)19-20-14-6-3-4-7-16(14)26-19/h3-4,6-7,15H,2,5,8-13H2,1H3. The minimum absolute atomic E-state index is 0.103. The predicted octanol–water partition coefficient (Wildman–Crippen LogP) is 2.35. The van der Waals surface area contributed by atoms with Crippen LogP contribution in [-0.2, 0) is 9.59 Å². The van der Waals surface area contributed by atoms with E-state index < -0.39 is 0 Å². The van der Waals surface area contributed by atoms with Gasteiger partial charge in [0.1, 0.15) is 6.04 Å². The fraction of sp³-hybridized carbons (Fsp3) is 0.526. The van der Waals surface area contributed by atoms with Gasteiger partial charge >= 0.3 is 0 Å². The minimum Gasteiger partial charge on any atom is -0.345 e. The molecule has 2 fully saturated rings. The van der Waals surface area contributed by atoms with Gasteiger partial charge in [0.2, 0.25) is 11.8 Å². The third-order valence-corrected chi connectivity index (χ3v) is 6.40. The highest BCUT2D eigenvalue weighted by atomic mass is 32.1. The van der Waals surface area contributed by atoms with Crippen molar-refractivity contribution >= 4 is 38.5 Å². The van der Waals surface area contributed by atoms with Crippen LogP contribution in [0.2, 0.25) is 0 Å². The molecule has 3 heterocycles. The van der Waals surface area contributed by atoms with E-state index in [0.29, 0.717) is 25.9 Å². The Balaban J connectivity index is 1.41. The number of carbonyl (C=O) groups excluding carboxylic acids is 2. The summed E-state index contributed by atoms with van der Waals surface area (Å²) in [4.78, 5) is 35.6. The maximum absolute atomic E-state index is 12.9. The van der Waals surface area contributed by atoms with Crippen molar-refractivity contribution in [1.82, 2.24) is 14.8 Å². The van der Waals surface area contributed by atoms with E-state index in [9.17, 15) is 9.59 Å². The first-order chi connectivity index (χ1) is 12.7. The van der Waals surface area contributed by atoms with Crippen LogP contribution in [0.15, 0.2) is 24.3 Å². The lowest BCUT2D eigenvalue weighted by Crippen LogP contribution is -2.55. The summed E-state index contributed by atoms with van der Waals surface area (Å²) in [5.74, 6) is 0.227. The molecule has 1 aromatic heterocycles. The lowest BCUT2D eigenvalue weighted by Gasteiger charge is -2.38. The first-order valence-corrected chi connectivity index (χ1v) is 10.2. The van der Waals surface area contributed by atoms with Gasteiger partial charge in [0.25, 0.3) is 0 Å². The van der Waals surface area contributed by atoms with E-state index in [-0.39, 0.29) is 17.9 Å². The molecule has 0 radical (unpaired) electrons. The summed E-state index contributed by atoms with van der Waals surface area (Å²) in [6.45, 7) is 5.66. The van der Waals surface area contributed by atoms with Crippen LogP contribution in [0.4, 0.5) is 5.13 Å². The van der Waals surface area contributed by atoms with Crippen molar-refractivity contribution in [2.45, 2.75) is 32.2 Å². The molecule has 138 valence electrons. The van der Waals surface area contributed by atoms with Gasteiger partial charge in [-0.15, -0.1) is 0 Å². The maximum Gasteiger partial charge on any atom is 0.245 e. The number of hydrogen-bond acceptors (Lipinski definition) is 5. The van der Waals surface area contributed by atoms with E-state index in [1.165, 1.54) is 4.70 Å². The first-order valence-electron chi connectivity index (χ1n) is 9.36. The van der Waals surface area contributed by atoms with Crippen LogP contribution in [0.25, 0.3) is 10.2 Å². The zero-order valence-corrected chi connectivity index (χ0v) is 15.9. The molecule has 1 atom stereocenters. The second-order valence-electron chi connectivity index (χ2n) is 6.89. The number of fused-ring (bicyclic) bond motifs is 1. The van der Waals surface area contributed by atoms with E-state index in [2.05, 4.69) is 11.0 Å². The Hall–Kier alpha value is -2.15. The molecular formula is C19H24N4O2S. The zero-order valence-electron chi connectivity index (χ0n) is 15.1. The number of likely N-dealkylation sites (tertiary alicyclic amines) is 1. The molecule has 7 heteroatoms. The Morgan fingerprint density at radius 2 is 1.96 bits per heavy atom. The summed E-state index contributed by atoms with van der Waals surface area (Å²) in [5, 5.41) is 1.03. The molecule has 0 N–H and O–H groups in total. The maximum atomic E-state index is 12.9. The Morgan fingerprint density at radius 3 is 2.62 bits per heavy atom. The van der Waals surface area contributed by atoms with Gasteiger partial charge < -0.3 is 14.7 Å². The fourth-order valence-electron chi connectivity index (χ4n) is 3.85. The van der Waals surface area contributed by atoms with Gasteiger partial charge in [-0.25, -0.2) is 4.98 Å². The Labute approximate surface area is 157 Å². The molecule has 2 aromatic rings. The molecule has 4 rings (SSSR count). The van der Waals surface area contributed by atoms with Crippen molar-refractivity contribution in [3.05, 3.63) is 24.3 Å². The van der Waals surface area contributed by atoms with Crippen LogP contribution < -0.4 is 4.90 Å². The van der Waals surface area contributed by atoms with Crippen LogP contribution >= 0.6 is 11.3 Å². The number of amides is 2. The van der Waals surface area contributed by atoms with Gasteiger partial charge in [0, 0.05) is 39.1 Å². The quantitative estimate of drug-likeness (QED) is 0.827. The third kappa shape index (κ3) is 3.16. The predicted molar refractivity (Wildman–Crippen MR) is 103 cm³/mol. The van der Waals surface area contributed by atoms with Crippen LogP contribution in [0.5, 0.6) is 0 Å². The summed E-state index contributed by atoms with van der Waals surface area (Å²) in [6.07, 6.45) is 2.13. The molecule has 6 nitrogen and oxygen atoms in total. The minimum atomic E-state index is -0.293. The van der Waals surface area contributed by atoms with Crippen molar-refractivity contribution in [3.63, 3.8) is 0 Å². The average molecular weight is 372 g/mol. The van der Waals surface area contributed by atoms with Gasteiger partial charge in [-0.2, -0.15) is 0 Å². The number of thiazole rings is 1. The second-order valence-corrected chi connectivity index (χ2v) is 7.90. The molecule has 2 saturated heterocycles. The van der Waals surface area contributed by atoms with Gasteiger partial charge in [-0.1, -0.05) is 30.4 Å². The smallest absolute Gasteiger partial charge is 0.245 e. The number of anilines is 1. The van der Waals surface area contributed by atoms with E-state index in [1.807, 2.05) is 30.0 Å². The molecular weight excluding hydrogens is 348 g/mol. The Morgan fingerprint density at radius 1 is 1.19 bits per heavy atom. The number of hydrogen-bond donors (Lipinski definition) is 0. The number of para-hydroxylation sites is 1. The van der Waals surface area contributed by atoms with Crippen LogP contribution in [-0.4, -0.2) is 65.4 Å². The van der Waals surface area contributed by atoms with Crippen LogP contribution in [0, 0.1) is 0 Å². The monoisotopic (exact) mass is 372 g/mol. The number of aromatic nitrogens is 1. The number of carbonyl (C=O) groups is 2. The highest BCUT2D eigenvalue weighted by Gasteiger charge is 2.35. The number of rotatable bonds is 4. The molecule has 1 aromatic carbocycles. The lowest BCUT2D eigenvalue weighted by molar-refractivity contribution is -0.143. The topological polar surface area (TPSA) is 56.8 Å². The van der Waals surface area contributed by atoms with Gasteiger partial charge in [0.15, 0.2) is 5.13 Å². The highest BCUT2D eigenvalue weighted by molar-refractivity contribution is 7.22. The van der Waals surface area contributed by atoms with Crippen molar-refractivity contribution in [1.29, 1.82) is 0 Å². The first kappa shape index (κ1) is 17.3. The van der Waals surface area contributed by atoms with Crippen LogP contribution in [0.3, 0.4) is 0 Å². The van der Waals surface area contributed by atoms with Crippen molar-refractivity contribution < 1.29 is 9.59 Å². The lowest BCUT2D eigenvalue weighted by atomic mass is 10.1. The summed E-state index contributed by atoms with van der Waals surface area (Å²) >= 11 is 1.70. The van der Waals surface area contributed by atoms with Gasteiger partial charge in [-0.05, 0) is 25.0 Å². The van der Waals surface area contributed by atoms with Gasteiger partial charge in [0.05, 0.1) is 10.2 Å². The largest absolute Gasteiger partial charge is 0.345 e. The van der Waals surface area contributed by atoms with Crippen LogP contribution in [0.1, 0.15) is 26.2 Å². The SMILES string of the molecule is CCC(C(=O)N1CCN(c2nc3ccccc3s2)CC1)N1CCCC1=O. The summed E-state index contributed by atoms with van der Waals surface area (Å²) in [5.41, 5.74) is 1.03. The number of piperazine rings is 1. The fourth-order valence-corrected chi connectivity index (χ4v) is 4.87. The van der Waals surface area contributed by atoms with E-state index in [4.69, 9.17) is 4.98 Å². The van der Waals surface area contributed by atoms with Crippen molar-refractivity contribution in [2.75, 3.05) is 37.6 Å². The third-order valence-electron chi connectivity index (χ3n) is 5.30. The molecule has 1 unspecified atom stereocenters. The molecule has 0 bridgehead atoms. The summed E-state index contributed by atoms with van der Waals surface area (Å²) in [6, 6.07) is 7.88. The summed E-state index contributed by atoms with van der Waals surface area (Å²) < 4.78 is 1.19. The highest BCUT2D eigenvalue weighted by Crippen LogP contribution is 2.29. The average Bonchev–Trinajstić information content (AvgIpc) is 3.29. The second kappa shape index (κ2) is 7.23. The molecule has 0 aliphatic carbocycles. The normalized spacial score (nSPS) is 19.4.